The molecule has 1 aromatic heterocycles. The smallest absolute Gasteiger partial charge is 0.381 e. The number of hydrogen-bond donors (Lipinski definition) is 1. The molecule has 6 nitrogen and oxygen atoms in total. The van der Waals surface area contributed by atoms with Gasteiger partial charge in [-0.05, 0) is 31.0 Å². The second kappa shape index (κ2) is 6.03. The lowest BCUT2D eigenvalue weighted by Crippen LogP contribution is -2.31. The van der Waals surface area contributed by atoms with E-state index in [9.17, 15) is 18.0 Å². The summed E-state index contributed by atoms with van der Waals surface area (Å²) in [7, 11) is 0. The molecule has 144 valence electrons. The van der Waals surface area contributed by atoms with Crippen molar-refractivity contribution in [2.75, 3.05) is 18.6 Å². The highest BCUT2D eigenvalue weighted by atomic mass is 19.4. The second-order valence-electron chi connectivity index (χ2n) is 6.92. The van der Waals surface area contributed by atoms with Crippen LogP contribution in [0, 0.1) is 0 Å². The van der Waals surface area contributed by atoms with Gasteiger partial charge in [-0.15, -0.1) is 0 Å². The summed E-state index contributed by atoms with van der Waals surface area (Å²) < 4.78 is 47.2. The third kappa shape index (κ3) is 2.50. The Labute approximate surface area is 156 Å². The molecular formula is C19H15F3N4O2. The molecule has 0 atom stereocenters. The van der Waals surface area contributed by atoms with Crippen molar-refractivity contribution in [2.45, 2.75) is 25.1 Å². The Hall–Kier alpha value is -2.94. The molecule has 0 saturated carbocycles. The van der Waals surface area contributed by atoms with Crippen LogP contribution in [0.3, 0.4) is 0 Å². The van der Waals surface area contributed by atoms with Gasteiger partial charge in [-0.2, -0.15) is 23.4 Å². The Morgan fingerprint density at radius 3 is 2.68 bits per heavy atom. The summed E-state index contributed by atoms with van der Waals surface area (Å²) in [6.45, 7) is 1.10. The molecule has 4 aliphatic rings. The number of hydrogen-bond acceptors (Lipinski definition) is 5. The largest absolute Gasteiger partial charge is 0.418 e. The Morgan fingerprint density at radius 2 is 1.93 bits per heavy atom. The molecule has 1 saturated heterocycles. The van der Waals surface area contributed by atoms with Crippen molar-refractivity contribution >= 4 is 28.4 Å². The van der Waals surface area contributed by atoms with Gasteiger partial charge in [0.15, 0.2) is 0 Å². The average molecular weight is 388 g/mol. The van der Waals surface area contributed by atoms with E-state index >= 15 is 0 Å². The summed E-state index contributed by atoms with van der Waals surface area (Å²) in [5.41, 5.74) is 3.34. The van der Waals surface area contributed by atoms with Crippen LogP contribution >= 0.6 is 0 Å². The first-order valence-electron chi connectivity index (χ1n) is 8.91. The molecule has 2 aliphatic heterocycles. The molecule has 5 rings (SSSR count). The van der Waals surface area contributed by atoms with Crippen molar-refractivity contribution in [1.29, 1.82) is 0 Å². The Bertz CT molecular complexity index is 1190. The van der Waals surface area contributed by atoms with E-state index in [1.54, 1.807) is 12.1 Å². The third-order valence-corrected chi connectivity index (χ3v) is 5.31. The molecule has 1 fully saturated rings. The summed E-state index contributed by atoms with van der Waals surface area (Å²) in [6.07, 6.45) is -2.45. The van der Waals surface area contributed by atoms with Crippen molar-refractivity contribution in [2.24, 2.45) is 5.10 Å². The van der Waals surface area contributed by atoms with Crippen LogP contribution in [0.4, 0.5) is 18.9 Å². The van der Waals surface area contributed by atoms with Gasteiger partial charge in [-0.25, -0.2) is 4.68 Å². The highest BCUT2D eigenvalue weighted by Gasteiger charge is 2.35. The molecule has 28 heavy (non-hydrogen) atoms. The predicted octanol–water partition coefficient (Wildman–Crippen LogP) is 2.70. The molecule has 0 spiro atoms. The van der Waals surface area contributed by atoms with Crippen LogP contribution in [-0.4, -0.2) is 35.4 Å². The Balaban J connectivity index is 1.84. The minimum absolute atomic E-state index is 0.0387. The van der Waals surface area contributed by atoms with E-state index < -0.39 is 11.7 Å². The second-order valence-corrected chi connectivity index (χ2v) is 6.92. The van der Waals surface area contributed by atoms with Crippen molar-refractivity contribution in [3.8, 4) is 11.1 Å². The number of aromatic nitrogens is 2. The van der Waals surface area contributed by atoms with Crippen molar-refractivity contribution < 1.29 is 17.9 Å². The standard InChI is InChI=1S/C19H15F3N4O2/c20-19(21,22)14-9-23-24-17-11(14)1-2-13-16-12(17)3-4-15(16)25-26(18(13)27)10-5-7-28-8-6-10/h1-4,9-10,24H,5-8H2. The molecule has 0 radical (unpaired) electrons. The van der Waals surface area contributed by atoms with E-state index in [2.05, 4.69) is 15.6 Å². The van der Waals surface area contributed by atoms with E-state index in [4.69, 9.17) is 4.74 Å². The Morgan fingerprint density at radius 1 is 1.14 bits per heavy atom. The van der Waals surface area contributed by atoms with Gasteiger partial charge in [0.05, 0.1) is 34.4 Å². The van der Waals surface area contributed by atoms with E-state index in [0.29, 0.717) is 48.1 Å². The van der Waals surface area contributed by atoms with Crippen molar-refractivity contribution in [3.63, 3.8) is 0 Å². The first-order chi connectivity index (χ1) is 13.4. The van der Waals surface area contributed by atoms with Crippen LogP contribution in [0.15, 0.2) is 34.2 Å². The van der Waals surface area contributed by atoms with Crippen LogP contribution in [-0.2, 0) is 4.74 Å². The van der Waals surface area contributed by atoms with Crippen LogP contribution in [0.25, 0.3) is 27.6 Å². The van der Waals surface area contributed by atoms with Crippen molar-refractivity contribution in [3.05, 3.63) is 39.8 Å². The zero-order chi connectivity index (χ0) is 19.5. The van der Waals surface area contributed by atoms with Gasteiger partial charge in [0.2, 0.25) is 0 Å². The lowest BCUT2D eigenvalue weighted by Gasteiger charge is -2.23. The van der Waals surface area contributed by atoms with Gasteiger partial charge in [-0.3, -0.25) is 10.2 Å². The topological polar surface area (TPSA) is 68.5 Å². The number of halogens is 3. The molecule has 0 bridgehead atoms. The number of nitrogens with one attached hydrogen (secondary N) is 1. The maximum atomic E-state index is 13.5. The van der Waals surface area contributed by atoms with Gasteiger partial charge < -0.3 is 4.74 Å². The van der Waals surface area contributed by atoms with Gasteiger partial charge >= 0.3 is 6.18 Å². The van der Waals surface area contributed by atoms with Gasteiger partial charge in [0.25, 0.3) is 5.56 Å². The zero-order valence-electron chi connectivity index (χ0n) is 14.6. The van der Waals surface area contributed by atoms with E-state index in [1.807, 2.05) is 0 Å². The number of anilines is 1. The third-order valence-electron chi connectivity index (χ3n) is 5.31. The van der Waals surface area contributed by atoms with Crippen LogP contribution in [0.5, 0.6) is 0 Å². The fourth-order valence-corrected chi connectivity index (χ4v) is 3.96. The molecule has 3 heterocycles. The van der Waals surface area contributed by atoms with Crippen LogP contribution < -0.4 is 16.2 Å². The molecule has 9 heteroatoms. The number of ether oxygens (including phenoxy) is 1. The summed E-state index contributed by atoms with van der Waals surface area (Å²) in [6, 6.07) is 6.11. The minimum Gasteiger partial charge on any atom is -0.381 e. The number of nitrogens with zero attached hydrogens (tertiary/aromatic N) is 3. The predicted molar refractivity (Wildman–Crippen MR) is 98.5 cm³/mol. The fourth-order valence-electron chi connectivity index (χ4n) is 3.96. The fraction of sp³-hybridized carbons (Fsp3) is 0.316. The maximum Gasteiger partial charge on any atom is 0.418 e. The normalized spacial score (nSPS) is 17.9. The molecule has 0 unspecified atom stereocenters. The van der Waals surface area contributed by atoms with E-state index in [1.165, 1.54) is 16.8 Å². The van der Waals surface area contributed by atoms with Crippen LogP contribution in [0.2, 0.25) is 0 Å². The molecule has 0 amide bonds. The number of rotatable bonds is 1. The molecule has 1 aromatic rings. The van der Waals surface area contributed by atoms with Gasteiger partial charge in [0, 0.05) is 29.6 Å². The Kier molecular flexibility index (Phi) is 3.70. The van der Waals surface area contributed by atoms with Gasteiger partial charge in [0.1, 0.15) is 0 Å². The van der Waals surface area contributed by atoms with Crippen molar-refractivity contribution in [1.82, 2.24) is 9.78 Å². The monoisotopic (exact) mass is 388 g/mol. The minimum atomic E-state index is -4.56. The molecule has 0 aromatic carbocycles. The number of alkyl halides is 3. The maximum absolute atomic E-state index is 13.5. The summed E-state index contributed by atoms with van der Waals surface area (Å²) in [4.78, 5) is 13.1. The highest BCUT2D eigenvalue weighted by molar-refractivity contribution is 6.09. The van der Waals surface area contributed by atoms with Crippen LogP contribution in [0.1, 0.15) is 18.9 Å². The quantitative estimate of drug-likeness (QED) is 0.696. The number of hydrazone groups is 1. The summed E-state index contributed by atoms with van der Waals surface area (Å²) in [5.74, 6) is 0. The van der Waals surface area contributed by atoms with E-state index in [-0.39, 0.29) is 22.5 Å². The average Bonchev–Trinajstić information content (AvgIpc) is 3.02. The zero-order valence-corrected chi connectivity index (χ0v) is 14.6. The first-order valence-corrected chi connectivity index (χ1v) is 8.91. The van der Waals surface area contributed by atoms with Gasteiger partial charge in [-0.1, -0.05) is 6.07 Å². The summed E-state index contributed by atoms with van der Waals surface area (Å²) in [5, 5.41) is 8.47. The lowest BCUT2D eigenvalue weighted by molar-refractivity contribution is -0.0672. The molecular weight excluding hydrogens is 373 g/mol. The molecule has 2 aliphatic carbocycles. The number of fused-ring (bicyclic) bond motifs is 2. The van der Waals surface area contributed by atoms with E-state index in [0.717, 1.165) is 6.21 Å². The first kappa shape index (κ1) is 17.2. The molecule has 1 N–H and O–H groups in total. The lowest BCUT2D eigenvalue weighted by atomic mass is 10.1. The SMILES string of the molecule is O=c1c2ccc3c(c4ccc(nn1C1CCOCC1)c2-4)NN=CC=3C(F)(F)F. The highest BCUT2D eigenvalue weighted by Crippen LogP contribution is 2.37. The summed E-state index contributed by atoms with van der Waals surface area (Å²) >= 11 is 0.